The first-order valence-electron chi connectivity index (χ1n) is 6.96. The molecular formula is C15H20BrN3O. The number of nitrogens with zero attached hydrogens (tertiary/aromatic N) is 2. The number of halogens is 1. The number of hydrogen-bond donors (Lipinski definition) is 1. The van der Waals surface area contributed by atoms with Crippen LogP contribution in [0.25, 0.3) is 11.6 Å². The fraction of sp³-hybridized carbons (Fsp3) is 0.467. The maximum atomic E-state index is 5.41. The van der Waals surface area contributed by atoms with Crippen molar-refractivity contribution >= 4 is 21.7 Å². The highest BCUT2D eigenvalue weighted by Crippen LogP contribution is 2.29. The van der Waals surface area contributed by atoms with E-state index >= 15 is 0 Å². The highest BCUT2D eigenvalue weighted by atomic mass is 79.9. The minimum Gasteiger partial charge on any atom is -0.461 e. The van der Waals surface area contributed by atoms with Gasteiger partial charge in [0.25, 0.3) is 0 Å². The third kappa shape index (κ3) is 3.60. The third-order valence-electron chi connectivity index (χ3n) is 2.81. The van der Waals surface area contributed by atoms with Crippen molar-refractivity contribution < 1.29 is 4.42 Å². The summed E-state index contributed by atoms with van der Waals surface area (Å²) in [5.74, 6) is 2.70. The van der Waals surface area contributed by atoms with Crippen molar-refractivity contribution in [2.24, 2.45) is 5.92 Å². The molecule has 2 aromatic rings. The Kier molecular flexibility index (Phi) is 5.17. The van der Waals surface area contributed by atoms with Gasteiger partial charge in [0, 0.05) is 6.54 Å². The van der Waals surface area contributed by atoms with E-state index in [1.807, 2.05) is 12.1 Å². The molecule has 0 amide bonds. The molecule has 0 fully saturated rings. The minimum absolute atomic E-state index is 0.532. The van der Waals surface area contributed by atoms with Gasteiger partial charge >= 0.3 is 0 Å². The lowest BCUT2D eigenvalue weighted by atomic mass is 10.1. The predicted molar refractivity (Wildman–Crippen MR) is 84.8 cm³/mol. The summed E-state index contributed by atoms with van der Waals surface area (Å²) in [6.07, 6.45) is 3.59. The fourth-order valence-corrected chi connectivity index (χ4v) is 2.37. The number of nitrogens with one attached hydrogen (secondary N) is 1. The Balaban J connectivity index is 2.42. The van der Waals surface area contributed by atoms with E-state index in [9.17, 15) is 0 Å². The topological polar surface area (TPSA) is 51.0 Å². The molecule has 0 saturated carbocycles. The predicted octanol–water partition coefficient (Wildman–Crippen LogP) is 4.52. The summed E-state index contributed by atoms with van der Waals surface area (Å²) in [5, 5.41) is 3.34. The molecule has 0 atom stereocenters. The van der Waals surface area contributed by atoms with Crippen molar-refractivity contribution in [2.45, 2.75) is 33.6 Å². The van der Waals surface area contributed by atoms with Crippen molar-refractivity contribution in [1.29, 1.82) is 0 Å². The van der Waals surface area contributed by atoms with Crippen LogP contribution >= 0.6 is 15.9 Å². The molecule has 0 aliphatic heterocycles. The molecule has 0 unspecified atom stereocenters. The Labute approximate surface area is 128 Å². The molecule has 0 spiro atoms. The van der Waals surface area contributed by atoms with Gasteiger partial charge in [-0.05, 0) is 46.8 Å². The lowest BCUT2D eigenvalue weighted by Gasteiger charge is -2.13. The first-order valence-corrected chi connectivity index (χ1v) is 7.75. The van der Waals surface area contributed by atoms with Gasteiger partial charge in [0.15, 0.2) is 11.6 Å². The van der Waals surface area contributed by atoms with E-state index in [1.54, 1.807) is 6.26 Å². The second kappa shape index (κ2) is 6.88. The van der Waals surface area contributed by atoms with Gasteiger partial charge in [-0.3, -0.25) is 0 Å². The second-order valence-electron chi connectivity index (χ2n) is 5.16. The highest BCUT2D eigenvalue weighted by Gasteiger charge is 2.15. The molecule has 0 aliphatic rings. The van der Waals surface area contributed by atoms with E-state index in [0.717, 1.165) is 35.4 Å². The SMILES string of the molecule is CCCNc1nc(-c2ccco2)nc(CC(C)C)c1Br. The van der Waals surface area contributed by atoms with Gasteiger partial charge in [-0.1, -0.05) is 20.8 Å². The Bertz CT molecular complexity index is 552. The maximum Gasteiger partial charge on any atom is 0.197 e. The summed E-state index contributed by atoms with van der Waals surface area (Å²) in [4.78, 5) is 9.19. The zero-order valence-electron chi connectivity index (χ0n) is 12.1. The van der Waals surface area contributed by atoms with Crippen molar-refractivity contribution in [1.82, 2.24) is 9.97 Å². The Hall–Kier alpha value is -1.36. The van der Waals surface area contributed by atoms with E-state index < -0.39 is 0 Å². The van der Waals surface area contributed by atoms with Crippen LogP contribution in [0, 0.1) is 5.92 Å². The van der Waals surface area contributed by atoms with Crippen LogP contribution in [0.5, 0.6) is 0 Å². The lowest BCUT2D eigenvalue weighted by molar-refractivity contribution is 0.575. The van der Waals surface area contributed by atoms with Crippen LogP contribution in [0.15, 0.2) is 27.3 Å². The van der Waals surface area contributed by atoms with E-state index in [0.29, 0.717) is 17.5 Å². The standard InChI is InChI=1S/C15H20BrN3O/c1-4-7-17-15-13(16)11(9-10(2)3)18-14(19-15)12-6-5-8-20-12/h5-6,8,10H,4,7,9H2,1-3H3,(H,17,18,19). The van der Waals surface area contributed by atoms with Crippen LogP contribution in [0.2, 0.25) is 0 Å². The van der Waals surface area contributed by atoms with Gasteiger partial charge in [-0.25, -0.2) is 9.97 Å². The first-order chi connectivity index (χ1) is 9.61. The van der Waals surface area contributed by atoms with Crippen LogP contribution < -0.4 is 5.32 Å². The molecule has 2 aromatic heterocycles. The van der Waals surface area contributed by atoms with Crippen molar-refractivity contribution in [3.63, 3.8) is 0 Å². The van der Waals surface area contributed by atoms with Gasteiger partial charge < -0.3 is 9.73 Å². The summed E-state index contributed by atoms with van der Waals surface area (Å²) in [6, 6.07) is 3.73. The van der Waals surface area contributed by atoms with Crippen LogP contribution in [0.4, 0.5) is 5.82 Å². The van der Waals surface area contributed by atoms with Crippen LogP contribution in [0.3, 0.4) is 0 Å². The van der Waals surface area contributed by atoms with E-state index in [-0.39, 0.29) is 0 Å². The molecule has 5 heteroatoms. The average molecular weight is 338 g/mol. The molecule has 1 N–H and O–H groups in total. The van der Waals surface area contributed by atoms with Crippen molar-refractivity contribution in [3.8, 4) is 11.6 Å². The van der Waals surface area contributed by atoms with Gasteiger partial charge in [0.05, 0.1) is 16.4 Å². The highest BCUT2D eigenvalue weighted by molar-refractivity contribution is 9.10. The van der Waals surface area contributed by atoms with E-state index in [4.69, 9.17) is 4.42 Å². The van der Waals surface area contributed by atoms with Crippen LogP contribution in [0.1, 0.15) is 32.9 Å². The Morgan fingerprint density at radius 3 is 2.75 bits per heavy atom. The van der Waals surface area contributed by atoms with Crippen molar-refractivity contribution in [2.75, 3.05) is 11.9 Å². The van der Waals surface area contributed by atoms with Crippen LogP contribution in [-0.2, 0) is 6.42 Å². The zero-order chi connectivity index (χ0) is 14.5. The average Bonchev–Trinajstić information content (AvgIpc) is 2.93. The number of aromatic nitrogens is 2. The molecule has 4 nitrogen and oxygen atoms in total. The molecular weight excluding hydrogens is 318 g/mol. The third-order valence-corrected chi connectivity index (χ3v) is 3.64. The molecule has 0 aliphatic carbocycles. The monoisotopic (exact) mass is 337 g/mol. The molecule has 2 rings (SSSR count). The molecule has 0 aromatic carbocycles. The molecule has 20 heavy (non-hydrogen) atoms. The Morgan fingerprint density at radius 1 is 1.35 bits per heavy atom. The van der Waals surface area contributed by atoms with Gasteiger partial charge in [0.1, 0.15) is 5.82 Å². The maximum absolute atomic E-state index is 5.41. The number of hydrogen-bond acceptors (Lipinski definition) is 4. The van der Waals surface area contributed by atoms with Gasteiger partial charge in [-0.15, -0.1) is 0 Å². The molecule has 0 bridgehead atoms. The molecule has 0 radical (unpaired) electrons. The van der Waals surface area contributed by atoms with E-state index in [1.165, 1.54) is 0 Å². The smallest absolute Gasteiger partial charge is 0.197 e. The second-order valence-corrected chi connectivity index (χ2v) is 5.95. The first kappa shape index (κ1) is 15.0. The fourth-order valence-electron chi connectivity index (χ4n) is 1.89. The number of anilines is 1. The van der Waals surface area contributed by atoms with Crippen molar-refractivity contribution in [3.05, 3.63) is 28.6 Å². The summed E-state index contributed by atoms with van der Waals surface area (Å²) in [6.45, 7) is 7.37. The van der Waals surface area contributed by atoms with E-state index in [2.05, 4.69) is 52.0 Å². The van der Waals surface area contributed by atoms with Gasteiger partial charge in [-0.2, -0.15) is 0 Å². The largest absolute Gasteiger partial charge is 0.461 e. The van der Waals surface area contributed by atoms with Crippen LogP contribution in [-0.4, -0.2) is 16.5 Å². The quantitative estimate of drug-likeness (QED) is 0.841. The minimum atomic E-state index is 0.532. The summed E-state index contributed by atoms with van der Waals surface area (Å²) in [5.41, 5.74) is 1.01. The molecule has 108 valence electrons. The normalized spacial score (nSPS) is 11.1. The summed E-state index contributed by atoms with van der Waals surface area (Å²) >= 11 is 3.62. The summed E-state index contributed by atoms with van der Waals surface area (Å²) < 4.78 is 6.36. The lowest BCUT2D eigenvalue weighted by Crippen LogP contribution is -2.08. The number of rotatable bonds is 6. The number of furan rings is 1. The molecule has 0 saturated heterocycles. The Morgan fingerprint density at radius 2 is 2.15 bits per heavy atom. The zero-order valence-corrected chi connectivity index (χ0v) is 13.7. The van der Waals surface area contributed by atoms with Gasteiger partial charge in [0.2, 0.25) is 0 Å². The molecule has 2 heterocycles. The summed E-state index contributed by atoms with van der Waals surface area (Å²) in [7, 11) is 0.